The zero-order chi connectivity index (χ0) is 16.4. The van der Waals surface area contributed by atoms with E-state index >= 15 is 0 Å². The van der Waals surface area contributed by atoms with Crippen LogP contribution in [0.1, 0.15) is 18.4 Å². The lowest BCUT2D eigenvalue weighted by Gasteiger charge is -2.23. The van der Waals surface area contributed by atoms with Crippen LogP contribution in [0.3, 0.4) is 0 Å². The van der Waals surface area contributed by atoms with Crippen molar-refractivity contribution in [3.8, 4) is 5.75 Å². The average Bonchev–Trinajstić information content (AvgIpc) is 3.30. The number of amides is 1. The van der Waals surface area contributed by atoms with Crippen molar-refractivity contribution in [1.82, 2.24) is 9.80 Å². The molecule has 0 saturated heterocycles. The summed E-state index contributed by atoms with van der Waals surface area (Å²) in [4.78, 5) is 21.2. The Hall–Kier alpha value is -1.53. The summed E-state index contributed by atoms with van der Waals surface area (Å²) in [5.74, 6) is 0.920. The summed E-state index contributed by atoms with van der Waals surface area (Å²) in [6.45, 7) is 1.64. The molecule has 1 aliphatic heterocycles. The quantitative estimate of drug-likeness (QED) is 0.863. The fourth-order valence-electron chi connectivity index (χ4n) is 2.67. The number of hydrogen-bond donors (Lipinski definition) is 1. The molecule has 124 valence electrons. The molecule has 6 heteroatoms. The van der Waals surface area contributed by atoms with Crippen LogP contribution < -0.4 is 0 Å². The first-order chi connectivity index (χ1) is 11.1. The molecule has 1 unspecified atom stereocenters. The standard InChI is InChI=1S/C17H23N3O2S/c1-19(12-7-8-12)9-10-20(2)17(22)14-11-23-16(18-14)13-5-3-4-6-15(13)21/h3-6,12,14,21H,7-11H2,1-2H3. The van der Waals surface area contributed by atoms with Crippen LogP contribution in [-0.2, 0) is 4.79 Å². The van der Waals surface area contributed by atoms with Gasteiger partial charge >= 0.3 is 0 Å². The third kappa shape index (κ3) is 3.87. The van der Waals surface area contributed by atoms with Gasteiger partial charge in [0.05, 0.1) is 0 Å². The normalized spacial score (nSPS) is 20.7. The van der Waals surface area contributed by atoms with E-state index in [1.54, 1.807) is 17.0 Å². The third-order valence-corrected chi connectivity index (χ3v) is 5.49. The number of rotatable bonds is 6. The van der Waals surface area contributed by atoms with E-state index in [-0.39, 0.29) is 17.7 Å². The SMILES string of the molecule is CN(CCN(C)C1CC1)C(=O)C1CSC(c2ccccc2O)=N1. The number of carbonyl (C=O) groups excluding carboxylic acids is 1. The Morgan fingerprint density at radius 2 is 2.04 bits per heavy atom. The first kappa shape index (κ1) is 16.3. The Bertz CT molecular complexity index is 616. The van der Waals surface area contributed by atoms with Crippen LogP contribution in [0.5, 0.6) is 5.75 Å². The topological polar surface area (TPSA) is 56.1 Å². The number of aromatic hydroxyl groups is 1. The second-order valence-electron chi connectivity index (χ2n) is 6.25. The van der Waals surface area contributed by atoms with Gasteiger partial charge in [-0.15, -0.1) is 11.8 Å². The number of phenolic OH excluding ortho intramolecular Hbond substituents is 1. The largest absolute Gasteiger partial charge is 0.507 e. The summed E-state index contributed by atoms with van der Waals surface area (Å²) in [5, 5.41) is 10.7. The minimum atomic E-state index is -0.342. The van der Waals surface area contributed by atoms with E-state index in [0.29, 0.717) is 17.4 Å². The van der Waals surface area contributed by atoms with Crippen LogP contribution in [0.15, 0.2) is 29.3 Å². The third-order valence-electron chi connectivity index (χ3n) is 4.41. The van der Waals surface area contributed by atoms with Crippen molar-refractivity contribution >= 4 is 22.7 Å². The first-order valence-corrected chi connectivity index (χ1v) is 8.99. The summed E-state index contributed by atoms with van der Waals surface area (Å²) in [6, 6.07) is 7.51. The van der Waals surface area contributed by atoms with Crippen molar-refractivity contribution < 1.29 is 9.90 Å². The number of thioether (sulfide) groups is 1. The highest BCUT2D eigenvalue weighted by atomic mass is 32.2. The molecule has 1 N–H and O–H groups in total. The van der Waals surface area contributed by atoms with E-state index in [0.717, 1.165) is 18.1 Å². The Morgan fingerprint density at radius 1 is 1.30 bits per heavy atom. The van der Waals surface area contributed by atoms with Crippen molar-refractivity contribution in [1.29, 1.82) is 0 Å². The molecule has 1 saturated carbocycles. The molecule has 0 spiro atoms. The van der Waals surface area contributed by atoms with Crippen LogP contribution in [0.2, 0.25) is 0 Å². The predicted octanol–water partition coefficient (Wildman–Crippen LogP) is 1.81. The second-order valence-corrected chi connectivity index (χ2v) is 7.26. The molecule has 1 aliphatic carbocycles. The zero-order valence-corrected chi connectivity index (χ0v) is 14.4. The molecule has 0 radical (unpaired) electrons. The van der Waals surface area contributed by atoms with Crippen LogP contribution >= 0.6 is 11.8 Å². The van der Waals surface area contributed by atoms with Crippen LogP contribution in [0.4, 0.5) is 0 Å². The lowest BCUT2D eigenvalue weighted by molar-refractivity contribution is -0.130. The lowest BCUT2D eigenvalue weighted by atomic mass is 10.2. The summed E-state index contributed by atoms with van der Waals surface area (Å²) in [6.07, 6.45) is 2.56. The minimum Gasteiger partial charge on any atom is -0.507 e. The van der Waals surface area contributed by atoms with Gasteiger partial charge in [-0.25, -0.2) is 0 Å². The van der Waals surface area contributed by atoms with Gasteiger partial charge < -0.3 is 14.9 Å². The summed E-state index contributed by atoms with van der Waals surface area (Å²) in [5.41, 5.74) is 0.712. The number of phenols is 1. The molecule has 5 nitrogen and oxygen atoms in total. The molecule has 1 fully saturated rings. The number of carbonyl (C=O) groups is 1. The van der Waals surface area contributed by atoms with Crippen LogP contribution in [0, 0.1) is 0 Å². The highest BCUT2D eigenvalue weighted by Gasteiger charge is 2.30. The van der Waals surface area contributed by atoms with Gasteiger partial charge in [0.25, 0.3) is 0 Å². The second kappa shape index (κ2) is 6.93. The van der Waals surface area contributed by atoms with Gasteiger partial charge in [-0.3, -0.25) is 9.79 Å². The summed E-state index contributed by atoms with van der Waals surface area (Å²) < 4.78 is 0. The van der Waals surface area contributed by atoms with Crippen molar-refractivity contribution in [3.63, 3.8) is 0 Å². The zero-order valence-electron chi connectivity index (χ0n) is 13.6. The Kier molecular flexibility index (Phi) is 4.92. The fraction of sp³-hybridized carbons (Fsp3) is 0.529. The van der Waals surface area contributed by atoms with Gasteiger partial charge in [0.1, 0.15) is 16.8 Å². The van der Waals surface area contributed by atoms with Crippen LogP contribution in [0.25, 0.3) is 0 Å². The Balaban J connectivity index is 1.58. The van der Waals surface area contributed by atoms with E-state index < -0.39 is 0 Å². The van der Waals surface area contributed by atoms with Crippen molar-refractivity contribution in [2.45, 2.75) is 24.9 Å². The fourth-order valence-corrected chi connectivity index (χ4v) is 3.74. The highest BCUT2D eigenvalue weighted by molar-refractivity contribution is 8.14. The number of likely N-dealkylation sites (N-methyl/N-ethyl adjacent to an activating group) is 2. The molecule has 2 aliphatic rings. The van der Waals surface area contributed by atoms with E-state index in [1.807, 2.05) is 19.2 Å². The van der Waals surface area contributed by atoms with Gasteiger partial charge in [-0.1, -0.05) is 12.1 Å². The summed E-state index contributed by atoms with van der Waals surface area (Å²) >= 11 is 1.53. The van der Waals surface area contributed by atoms with E-state index in [2.05, 4.69) is 16.9 Å². The lowest BCUT2D eigenvalue weighted by Crippen LogP contribution is -2.40. The number of aliphatic imine (C=N–C) groups is 1. The maximum Gasteiger partial charge on any atom is 0.248 e. The Labute approximate surface area is 141 Å². The van der Waals surface area contributed by atoms with Gasteiger partial charge in [-0.2, -0.15) is 0 Å². The molecule has 1 atom stereocenters. The minimum absolute atomic E-state index is 0.0621. The van der Waals surface area contributed by atoms with E-state index in [9.17, 15) is 9.90 Å². The Morgan fingerprint density at radius 3 is 2.74 bits per heavy atom. The number of hydrogen-bond acceptors (Lipinski definition) is 5. The van der Waals surface area contributed by atoms with Crippen molar-refractivity contribution in [3.05, 3.63) is 29.8 Å². The van der Waals surface area contributed by atoms with E-state index in [1.165, 1.54) is 24.6 Å². The predicted molar refractivity (Wildman–Crippen MR) is 94.2 cm³/mol. The number of nitrogens with zero attached hydrogens (tertiary/aromatic N) is 3. The monoisotopic (exact) mass is 333 g/mol. The first-order valence-electron chi connectivity index (χ1n) is 8.00. The highest BCUT2D eigenvalue weighted by Crippen LogP contribution is 2.29. The van der Waals surface area contributed by atoms with Gasteiger partial charge in [0, 0.05) is 37.5 Å². The molecule has 3 rings (SSSR count). The smallest absolute Gasteiger partial charge is 0.248 e. The van der Waals surface area contributed by atoms with Crippen LogP contribution in [-0.4, -0.2) is 70.9 Å². The molecular weight excluding hydrogens is 310 g/mol. The average molecular weight is 333 g/mol. The maximum atomic E-state index is 12.5. The molecule has 0 aromatic heterocycles. The molecule has 23 heavy (non-hydrogen) atoms. The molecule has 1 aromatic rings. The summed E-state index contributed by atoms with van der Waals surface area (Å²) in [7, 11) is 3.97. The molecule has 1 amide bonds. The van der Waals surface area contributed by atoms with Gasteiger partial charge in [0.15, 0.2) is 0 Å². The van der Waals surface area contributed by atoms with Gasteiger partial charge in [0.2, 0.25) is 5.91 Å². The van der Waals surface area contributed by atoms with Crippen molar-refractivity contribution in [2.24, 2.45) is 4.99 Å². The molecule has 0 bridgehead atoms. The van der Waals surface area contributed by atoms with Gasteiger partial charge in [-0.05, 0) is 32.0 Å². The van der Waals surface area contributed by atoms with Crippen molar-refractivity contribution in [2.75, 3.05) is 32.9 Å². The molecule has 1 heterocycles. The molecular formula is C17H23N3O2S. The number of benzene rings is 1. The van der Waals surface area contributed by atoms with E-state index in [4.69, 9.17) is 0 Å². The molecule has 1 aromatic carbocycles. The maximum absolute atomic E-state index is 12.5. The number of para-hydroxylation sites is 1.